The minimum absolute atomic E-state index is 0.390. The molecule has 0 radical (unpaired) electrons. The third kappa shape index (κ3) is 10.3. The lowest BCUT2D eigenvalue weighted by Gasteiger charge is -2.34. The first-order valence-electron chi connectivity index (χ1n) is 30.0. The molecule has 0 fully saturated rings. The van der Waals surface area contributed by atoms with Gasteiger partial charge in [0.1, 0.15) is 0 Å². The van der Waals surface area contributed by atoms with Crippen LogP contribution < -0.4 is 30.5 Å². The van der Waals surface area contributed by atoms with Crippen LogP contribution in [-0.4, -0.2) is 33.0 Å². The van der Waals surface area contributed by atoms with Crippen LogP contribution in [-0.2, 0) is 0 Å². The molecule has 2 heterocycles. The molecule has 2 aromatic heterocycles. The average molecular weight is 1160 g/mol. The molecule has 0 saturated carbocycles. The van der Waals surface area contributed by atoms with Crippen molar-refractivity contribution in [1.29, 1.82) is 0 Å². The lowest BCUT2D eigenvalue weighted by molar-refractivity contribution is 0.985. The van der Waals surface area contributed by atoms with Gasteiger partial charge in [-0.05, 0) is 96.2 Å². The normalized spacial score (nSPS) is 11.4. The first-order chi connectivity index (χ1) is 44.2. The molecule has 89 heavy (non-hydrogen) atoms. The molecule has 0 amide bonds. The van der Waals surface area contributed by atoms with Crippen molar-refractivity contribution >= 4 is 85.0 Å². The standard InChI is InChI=1S/C81H57N7Si/c1-8-26-60(27-9-1)75-56-57-82-80(83-75)88(81-85-78(61-28-10-2-11-29-61)84-79(86-81)62-30-12-3-13-31-62)77-55-53-70(72-41-23-25-43-74(72)77)59-46-50-68(51-47-59)89(65-36-18-6-19-37-65,66-38-20-7-21-39-66)67-48-44-58(45-49-67)69-52-54-76(73-42-24-22-40-71(69)73)87(63-32-14-4-15-33-63)64-34-16-5-17-35-64/h1-57H. The Bertz CT molecular complexity index is 4790. The van der Waals surface area contributed by atoms with E-state index < -0.39 is 8.07 Å². The Morgan fingerprint density at radius 1 is 0.236 bits per heavy atom. The fourth-order valence-electron chi connectivity index (χ4n) is 12.6. The Hall–Kier alpha value is -11.7. The Labute approximate surface area is 518 Å². The predicted molar refractivity (Wildman–Crippen MR) is 371 cm³/mol. The average Bonchev–Trinajstić information content (AvgIpc) is 0.847. The van der Waals surface area contributed by atoms with Crippen LogP contribution in [0.25, 0.3) is 77.8 Å². The number of para-hydroxylation sites is 2. The van der Waals surface area contributed by atoms with E-state index in [1.807, 2.05) is 96.0 Å². The fourth-order valence-corrected chi connectivity index (χ4v) is 17.4. The molecular formula is C81H57N7Si. The van der Waals surface area contributed by atoms with Gasteiger partial charge in [-0.3, -0.25) is 0 Å². The van der Waals surface area contributed by atoms with Crippen LogP contribution >= 0.6 is 0 Å². The Morgan fingerprint density at radius 3 is 1.03 bits per heavy atom. The first-order valence-corrected chi connectivity index (χ1v) is 32.0. The summed E-state index contributed by atoms with van der Waals surface area (Å²) in [7, 11) is -2.99. The first kappa shape index (κ1) is 54.0. The van der Waals surface area contributed by atoms with Gasteiger partial charge >= 0.3 is 0 Å². The lowest BCUT2D eigenvalue weighted by atomic mass is 9.96. The summed E-state index contributed by atoms with van der Waals surface area (Å²) in [5.74, 6) is 1.89. The van der Waals surface area contributed by atoms with Crippen LogP contribution in [0, 0.1) is 0 Å². The minimum atomic E-state index is -2.99. The second-order valence-electron chi connectivity index (χ2n) is 22.0. The van der Waals surface area contributed by atoms with Gasteiger partial charge in [0.2, 0.25) is 11.9 Å². The summed E-state index contributed by atoms with van der Waals surface area (Å²) >= 11 is 0. The lowest BCUT2D eigenvalue weighted by Crippen LogP contribution is -2.74. The van der Waals surface area contributed by atoms with E-state index >= 15 is 0 Å². The summed E-state index contributed by atoms with van der Waals surface area (Å²) < 4.78 is 0. The number of aromatic nitrogens is 5. The van der Waals surface area contributed by atoms with E-state index in [4.69, 9.17) is 24.9 Å². The van der Waals surface area contributed by atoms with Crippen LogP contribution in [0.4, 0.5) is 34.6 Å². The Balaban J connectivity index is 0.853. The van der Waals surface area contributed by atoms with Gasteiger partial charge in [-0.1, -0.05) is 297 Å². The summed E-state index contributed by atoms with van der Waals surface area (Å²) in [6, 6.07) is 121. The van der Waals surface area contributed by atoms with Crippen molar-refractivity contribution in [3.8, 4) is 56.3 Å². The van der Waals surface area contributed by atoms with Crippen molar-refractivity contribution in [3.63, 3.8) is 0 Å². The maximum atomic E-state index is 5.27. The zero-order valence-corrected chi connectivity index (χ0v) is 49.5. The number of hydrogen-bond donors (Lipinski definition) is 0. The van der Waals surface area contributed by atoms with Crippen molar-refractivity contribution in [2.24, 2.45) is 0 Å². The highest BCUT2D eigenvalue weighted by Crippen LogP contribution is 2.44. The largest absolute Gasteiger partial charge is 0.310 e. The Kier molecular flexibility index (Phi) is 14.5. The molecule has 420 valence electrons. The van der Waals surface area contributed by atoms with Gasteiger partial charge in [0, 0.05) is 45.0 Å². The van der Waals surface area contributed by atoms with E-state index in [-0.39, 0.29) is 0 Å². The number of anilines is 6. The summed E-state index contributed by atoms with van der Waals surface area (Å²) in [6.07, 6.45) is 1.81. The molecule has 15 aromatic rings. The zero-order chi connectivity index (χ0) is 59.4. The summed E-state index contributed by atoms with van der Waals surface area (Å²) in [5.41, 5.74) is 12.2. The second kappa shape index (κ2) is 24.0. The van der Waals surface area contributed by atoms with Gasteiger partial charge in [-0.15, -0.1) is 0 Å². The molecule has 8 heteroatoms. The predicted octanol–water partition coefficient (Wildman–Crippen LogP) is 17.6. The molecule has 13 aromatic carbocycles. The summed E-state index contributed by atoms with van der Waals surface area (Å²) in [4.78, 5) is 30.2. The number of fused-ring (bicyclic) bond motifs is 2. The molecule has 15 rings (SSSR count). The van der Waals surface area contributed by atoms with Crippen LogP contribution in [0.15, 0.2) is 346 Å². The summed E-state index contributed by atoms with van der Waals surface area (Å²) in [5, 5.41) is 9.60. The van der Waals surface area contributed by atoms with Gasteiger partial charge in [0.15, 0.2) is 19.7 Å². The van der Waals surface area contributed by atoms with Crippen molar-refractivity contribution < 1.29 is 0 Å². The van der Waals surface area contributed by atoms with Crippen LogP contribution in [0.3, 0.4) is 0 Å². The SMILES string of the molecule is c1ccc(-c2ccnc(N(c3nc(-c4ccccc4)nc(-c4ccccc4)n3)c3ccc(-c4ccc([Si](c5ccccc5)(c5ccccc5)c5ccc(-c6ccc(N(c7ccccc7)c7ccccc7)c7ccccc67)cc5)cc4)c4ccccc34)n2)cc1. The maximum Gasteiger partial charge on any atom is 0.241 e. The molecule has 0 unspecified atom stereocenters. The van der Waals surface area contributed by atoms with Gasteiger partial charge in [-0.25, -0.2) is 19.9 Å². The van der Waals surface area contributed by atoms with E-state index in [1.54, 1.807) is 0 Å². The second-order valence-corrected chi connectivity index (χ2v) is 25.8. The van der Waals surface area contributed by atoms with Gasteiger partial charge in [0.05, 0.1) is 17.1 Å². The van der Waals surface area contributed by atoms with E-state index in [9.17, 15) is 0 Å². The van der Waals surface area contributed by atoms with Gasteiger partial charge < -0.3 is 4.90 Å². The van der Waals surface area contributed by atoms with Crippen LogP contribution in [0.1, 0.15) is 0 Å². The minimum Gasteiger partial charge on any atom is -0.310 e. The number of hydrogen-bond acceptors (Lipinski definition) is 7. The van der Waals surface area contributed by atoms with E-state index in [0.717, 1.165) is 72.6 Å². The molecule has 0 spiro atoms. The smallest absolute Gasteiger partial charge is 0.241 e. The van der Waals surface area contributed by atoms with Gasteiger partial charge in [-0.2, -0.15) is 9.97 Å². The summed E-state index contributed by atoms with van der Waals surface area (Å²) in [6.45, 7) is 0. The van der Waals surface area contributed by atoms with E-state index in [1.165, 1.54) is 37.1 Å². The van der Waals surface area contributed by atoms with E-state index in [2.05, 4.69) is 260 Å². The molecule has 0 bridgehead atoms. The molecule has 7 nitrogen and oxygen atoms in total. The maximum absolute atomic E-state index is 5.27. The third-order valence-corrected chi connectivity index (χ3v) is 21.6. The van der Waals surface area contributed by atoms with Crippen molar-refractivity contribution in [2.75, 3.05) is 9.80 Å². The molecule has 0 aliphatic rings. The number of benzene rings is 13. The topological polar surface area (TPSA) is 70.9 Å². The molecular weight excluding hydrogens is 1100 g/mol. The Morgan fingerprint density at radius 2 is 0.596 bits per heavy atom. The quantitative estimate of drug-likeness (QED) is 0.0748. The van der Waals surface area contributed by atoms with Crippen molar-refractivity contribution in [3.05, 3.63) is 346 Å². The van der Waals surface area contributed by atoms with Crippen LogP contribution in [0.5, 0.6) is 0 Å². The molecule has 0 saturated heterocycles. The highest BCUT2D eigenvalue weighted by Gasteiger charge is 2.41. The zero-order valence-electron chi connectivity index (χ0n) is 48.5. The fraction of sp³-hybridized carbons (Fsp3) is 0. The molecule has 0 atom stereocenters. The van der Waals surface area contributed by atoms with E-state index in [0.29, 0.717) is 23.5 Å². The third-order valence-electron chi connectivity index (χ3n) is 16.8. The number of rotatable bonds is 15. The number of nitrogens with zero attached hydrogens (tertiary/aromatic N) is 7. The molecule has 0 N–H and O–H groups in total. The highest BCUT2D eigenvalue weighted by molar-refractivity contribution is 7.19. The monoisotopic (exact) mass is 1160 g/mol. The highest BCUT2D eigenvalue weighted by atomic mass is 28.3. The van der Waals surface area contributed by atoms with Gasteiger partial charge in [0.25, 0.3) is 0 Å². The van der Waals surface area contributed by atoms with Crippen molar-refractivity contribution in [1.82, 2.24) is 24.9 Å². The van der Waals surface area contributed by atoms with Crippen LogP contribution in [0.2, 0.25) is 0 Å². The molecule has 0 aliphatic carbocycles. The molecule has 0 aliphatic heterocycles. The van der Waals surface area contributed by atoms with Crippen molar-refractivity contribution in [2.45, 2.75) is 0 Å².